The van der Waals surface area contributed by atoms with Gasteiger partial charge in [0.2, 0.25) is 10.0 Å². The molecule has 0 bridgehead atoms. The molecule has 2 N–H and O–H groups in total. The Morgan fingerprint density at radius 2 is 2.10 bits per heavy atom. The number of pyridine rings is 1. The molecule has 1 aromatic rings. The molecule has 1 heterocycles. The van der Waals surface area contributed by atoms with Crippen molar-refractivity contribution in [3.63, 3.8) is 0 Å². The number of rotatable bonds is 8. The first-order chi connectivity index (χ1) is 9.40. The molecular formula is C12H21BrN4O2S. The summed E-state index contributed by atoms with van der Waals surface area (Å²) in [6.45, 7) is 6.43. The fourth-order valence-corrected chi connectivity index (χ4v) is 3.19. The number of halogens is 1. The van der Waals surface area contributed by atoms with Crippen molar-refractivity contribution in [2.45, 2.75) is 18.7 Å². The van der Waals surface area contributed by atoms with Crippen molar-refractivity contribution >= 4 is 31.8 Å². The summed E-state index contributed by atoms with van der Waals surface area (Å²) in [7, 11) is -1.63. The number of nitrogens with zero attached hydrogens (tertiary/aromatic N) is 2. The maximum absolute atomic E-state index is 12.3. The molecule has 0 radical (unpaired) electrons. The Morgan fingerprint density at radius 1 is 1.40 bits per heavy atom. The summed E-state index contributed by atoms with van der Waals surface area (Å²) in [4.78, 5) is 6.30. The van der Waals surface area contributed by atoms with E-state index in [2.05, 4.69) is 31.0 Å². The molecule has 0 fully saturated rings. The van der Waals surface area contributed by atoms with Gasteiger partial charge in [-0.3, -0.25) is 0 Å². The van der Waals surface area contributed by atoms with Crippen LogP contribution in [0.2, 0.25) is 0 Å². The van der Waals surface area contributed by atoms with E-state index in [4.69, 9.17) is 0 Å². The standard InChI is InChI=1S/C12H21BrN4O2S/c1-4-14-12-11(8-10(13)9-15-12)20(18,19)16-6-7-17(3)5-2/h8-9,16H,4-7H2,1-3H3,(H,14,15). The summed E-state index contributed by atoms with van der Waals surface area (Å²) < 4.78 is 27.9. The Bertz CT molecular complexity index is 536. The zero-order valence-corrected chi connectivity index (χ0v) is 14.4. The number of hydrogen-bond donors (Lipinski definition) is 2. The van der Waals surface area contributed by atoms with Crippen LogP contribution in [0.1, 0.15) is 13.8 Å². The lowest BCUT2D eigenvalue weighted by molar-refractivity contribution is 0.358. The van der Waals surface area contributed by atoms with E-state index in [0.717, 1.165) is 6.54 Å². The molecule has 1 rings (SSSR count). The first-order valence-electron chi connectivity index (χ1n) is 6.48. The van der Waals surface area contributed by atoms with E-state index < -0.39 is 10.0 Å². The van der Waals surface area contributed by atoms with Gasteiger partial charge in [0, 0.05) is 30.3 Å². The zero-order chi connectivity index (χ0) is 15.2. The molecule has 0 amide bonds. The lowest BCUT2D eigenvalue weighted by Gasteiger charge is -2.15. The van der Waals surface area contributed by atoms with Crippen LogP contribution in [0.3, 0.4) is 0 Å². The second-order valence-electron chi connectivity index (χ2n) is 4.32. The number of anilines is 1. The van der Waals surface area contributed by atoms with Gasteiger partial charge in [-0.1, -0.05) is 6.92 Å². The van der Waals surface area contributed by atoms with E-state index in [1.54, 1.807) is 12.3 Å². The van der Waals surface area contributed by atoms with Crippen molar-refractivity contribution in [3.8, 4) is 0 Å². The van der Waals surface area contributed by atoms with Crippen LogP contribution >= 0.6 is 15.9 Å². The first kappa shape index (κ1) is 17.4. The van der Waals surface area contributed by atoms with Crippen LogP contribution in [0, 0.1) is 0 Å². The highest BCUT2D eigenvalue weighted by molar-refractivity contribution is 9.10. The minimum atomic E-state index is -3.57. The van der Waals surface area contributed by atoms with E-state index in [1.165, 1.54) is 0 Å². The number of aromatic nitrogens is 1. The fourth-order valence-electron chi connectivity index (χ4n) is 1.53. The van der Waals surface area contributed by atoms with Gasteiger partial charge < -0.3 is 10.2 Å². The SMILES string of the molecule is CCNc1ncc(Br)cc1S(=O)(=O)NCCN(C)CC. The summed E-state index contributed by atoms with van der Waals surface area (Å²) in [5, 5.41) is 2.96. The molecule has 114 valence electrons. The molecule has 0 unspecified atom stereocenters. The third-order valence-corrected chi connectivity index (χ3v) is 4.69. The molecule has 0 saturated heterocycles. The maximum atomic E-state index is 12.3. The third kappa shape index (κ3) is 5.01. The quantitative estimate of drug-likeness (QED) is 0.731. The molecule has 0 aliphatic heterocycles. The minimum Gasteiger partial charge on any atom is -0.369 e. The Kier molecular flexibility index (Phi) is 6.87. The van der Waals surface area contributed by atoms with Gasteiger partial charge in [-0.05, 0) is 42.5 Å². The Hall–Kier alpha value is -0.700. The highest BCUT2D eigenvalue weighted by Gasteiger charge is 2.19. The summed E-state index contributed by atoms with van der Waals surface area (Å²) in [6.07, 6.45) is 1.57. The summed E-state index contributed by atoms with van der Waals surface area (Å²) in [6, 6.07) is 1.55. The van der Waals surface area contributed by atoms with Crippen molar-refractivity contribution < 1.29 is 8.42 Å². The molecule has 0 aromatic carbocycles. The smallest absolute Gasteiger partial charge is 0.244 e. The van der Waals surface area contributed by atoms with Gasteiger partial charge in [0.15, 0.2) is 0 Å². The lowest BCUT2D eigenvalue weighted by Crippen LogP contribution is -2.33. The molecule has 6 nitrogen and oxygen atoms in total. The predicted molar refractivity (Wildman–Crippen MR) is 84.5 cm³/mol. The van der Waals surface area contributed by atoms with Crippen LogP contribution in [0.25, 0.3) is 0 Å². The highest BCUT2D eigenvalue weighted by atomic mass is 79.9. The molecular weight excluding hydrogens is 344 g/mol. The second-order valence-corrected chi connectivity index (χ2v) is 6.98. The van der Waals surface area contributed by atoms with Gasteiger partial charge >= 0.3 is 0 Å². The monoisotopic (exact) mass is 364 g/mol. The third-order valence-electron chi connectivity index (χ3n) is 2.78. The molecule has 1 aromatic heterocycles. The zero-order valence-electron chi connectivity index (χ0n) is 12.0. The first-order valence-corrected chi connectivity index (χ1v) is 8.76. The number of nitrogens with one attached hydrogen (secondary N) is 2. The molecule has 0 atom stereocenters. The molecule has 20 heavy (non-hydrogen) atoms. The average molecular weight is 365 g/mol. The molecule has 0 saturated carbocycles. The van der Waals surface area contributed by atoms with Crippen LogP contribution < -0.4 is 10.0 Å². The minimum absolute atomic E-state index is 0.160. The van der Waals surface area contributed by atoms with Gasteiger partial charge in [-0.15, -0.1) is 0 Å². The van der Waals surface area contributed by atoms with Crippen molar-refractivity contribution in [3.05, 3.63) is 16.7 Å². The normalized spacial score (nSPS) is 11.8. The second kappa shape index (κ2) is 7.92. The van der Waals surface area contributed by atoms with Gasteiger partial charge in [0.1, 0.15) is 10.7 Å². The highest BCUT2D eigenvalue weighted by Crippen LogP contribution is 2.22. The predicted octanol–water partition coefficient (Wildman–Crippen LogP) is 1.51. The van der Waals surface area contributed by atoms with Crippen molar-refractivity contribution in [1.82, 2.24) is 14.6 Å². The molecule has 0 aliphatic rings. The number of sulfonamides is 1. The Morgan fingerprint density at radius 3 is 2.70 bits per heavy atom. The largest absolute Gasteiger partial charge is 0.369 e. The molecule has 0 spiro atoms. The average Bonchev–Trinajstić information content (AvgIpc) is 2.40. The summed E-state index contributed by atoms with van der Waals surface area (Å²) in [5.41, 5.74) is 0. The number of hydrogen-bond acceptors (Lipinski definition) is 5. The van der Waals surface area contributed by atoms with Crippen molar-refractivity contribution in [2.24, 2.45) is 0 Å². The van der Waals surface area contributed by atoms with E-state index in [9.17, 15) is 8.42 Å². The summed E-state index contributed by atoms with van der Waals surface area (Å²) >= 11 is 3.25. The van der Waals surface area contributed by atoms with Crippen molar-refractivity contribution in [1.29, 1.82) is 0 Å². The van der Waals surface area contributed by atoms with Crippen molar-refractivity contribution in [2.75, 3.05) is 38.5 Å². The van der Waals surface area contributed by atoms with Crippen LogP contribution in [0.4, 0.5) is 5.82 Å². The van der Waals surface area contributed by atoms with E-state index in [0.29, 0.717) is 29.9 Å². The van der Waals surface area contributed by atoms with E-state index in [1.807, 2.05) is 25.8 Å². The van der Waals surface area contributed by atoms with E-state index in [-0.39, 0.29) is 4.90 Å². The van der Waals surface area contributed by atoms with Gasteiger partial charge in [0.25, 0.3) is 0 Å². The lowest BCUT2D eigenvalue weighted by atomic mass is 10.4. The van der Waals surface area contributed by atoms with Gasteiger partial charge in [0.05, 0.1) is 0 Å². The summed E-state index contributed by atoms with van der Waals surface area (Å²) in [5.74, 6) is 0.368. The van der Waals surface area contributed by atoms with Crippen LogP contribution in [0.15, 0.2) is 21.6 Å². The van der Waals surface area contributed by atoms with Gasteiger partial charge in [-0.25, -0.2) is 18.1 Å². The van der Waals surface area contributed by atoms with E-state index >= 15 is 0 Å². The topological polar surface area (TPSA) is 74.3 Å². The van der Waals surface area contributed by atoms with Gasteiger partial charge in [-0.2, -0.15) is 0 Å². The Labute approximate surface area is 129 Å². The van der Waals surface area contributed by atoms with Crippen LogP contribution in [0.5, 0.6) is 0 Å². The Balaban J connectivity index is 2.88. The fraction of sp³-hybridized carbons (Fsp3) is 0.583. The van der Waals surface area contributed by atoms with Crippen LogP contribution in [-0.4, -0.2) is 51.5 Å². The maximum Gasteiger partial charge on any atom is 0.244 e. The molecule has 8 heteroatoms. The number of likely N-dealkylation sites (N-methyl/N-ethyl adjacent to an activating group) is 1. The molecule has 0 aliphatic carbocycles. The van der Waals surface area contributed by atoms with Crippen LogP contribution in [-0.2, 0) is 10.0 Å².